The zero-order chi connectivity index (χ0) is 18.5. The van der Waals surface area contributed by atoms with Gasteiger partial charge in [0.05, 0.1) is 12.1 Å². The van der Waals surface area contributed by atoms with E-state index in [2.05, 4.69) is 15.9 Å². The van der Waals surface area contributed by atoms with E-state index in [0.29, 0.717) is 16.8 Å². The minimum Gasteiger partial charge on any atom is -0.375 e. The Balaban J connectivity index is 1.78. The predicted molar refractivity (Wildman–Crippen MR) is 104 cm³/mol. The van der Waals surface area contributed by atoms with Crippen LogP contribution in [0.5, 0.6) is 0 Å². The van der Waals surface area contributed by atoms with Gasteiger partial charge in [0.1, 0.15) is 0 Å². The number of halogens is 1. The quantitative estimate of drug-likeness (QED) is 0.664. The van der Waals surface area contributed by atoms with Gasteiger partial charge in [0, 0.05) is 22.6 Å². The summed E-state index contributed by atoms with van der Waals surface area (Å²) in [5.41, 5.74) is -0.281. The van der Waals surface area contributed by atoms with Crippen LogP contribution in [0.1, 0.15) is 22.3 Å². The van der Waals surface area contributed by atoms with Gasteiger partial charge >= 0.3 is 0 Å². The number of carbonyl (C=O) groups is 2. The van der Waals surface area contributed by atoms with Crippen LogP contribution in [0.4, 0.5) is 5.69 Å². The van der Waals surface area contributed by atoms with Gasteiger partial charge in [0.2, 0.25) is 0 Å². The predicted octanol–water partition coefficient (Wildman–Crippen LogP) is 4.04. The minimum absolute atomic E-state index is 0.265. The maximum absolute atomic E-state index is 13.0. The maximum Gasteiger partial charge on any atom is 0.263 e. The van der Waals surface area contributed by atoms with Gasteiger partial charge in [-0.15, -0.1) is 0 Å². The molecule has 0 fully saturated rings. The van der Waals surface area contributed by atoms with Gasteiger partial charge in [0.15, 0.2) is 11.4 Å². The Kier molecular flexibility index (Phi) is 3.93. The number of anilines is 1. The molecule has 0 bridgehead atoms. The normalized spacial score (nSPS) is 19.0. The maximum atomic E-state index is 13.0. The third-order valence-corrected chi connectivity index (χ3v) is 5.42. The highest BCUT2D eigenvalue weighted by molar-refractivity contribution is 9.10. The van der Waals surface area contributed by atoms with E-state index in [-0.39, 0.29) is 12.2 Å². The van der Waals surface area contributed by atoms with Gasteiger partial charge in [-0.05, 0) is 29.0 Å². The molecule has 26 heavy (non-hydrogen) atoms. The molecular weight excluding hydrogens is 394 g/mol. The van der Waals surface area contributed by atoms with Gasteiger partial charge in [-0.2, -0.15) is 0 Å². The molecule has 5 heteroatoms. The van der Waals surface area contributed by atoms with Crippen molar-refractivity contribution in [3.05, 3.63) is 76.3 Å². The lowest BCUT2D eigenvalue weighted by Crippen LogP contribution is -2.40. The highest BCUT2D eigenvalue weighted by Crippen LogP contribution is 2.43. The Morgan fingerprint density at radius 3 is 2.65 bits per heavy atom. The number of aliphatic hydroxyl groups is 1. The van der Waals surface area contributed by atoms with E-state index in [9.17, 15) is 14.7 Å². The topological polar surface area (TPSA) is 57.6 Å². The summed E-state index contributed by atoms with van der Waals surface area (Å²) in [6.45, 7) is 0. The van der Waals surface area contributed by atoms with Crippen LogP contribution in [0.2, 0.25) is 0 Å². The van der Waals surface area contributed by atoms with Crippen LogP contribution in [-0.2, 0) is 10.4 Å². The van der Waals surface area contributed by atoms with Crippen molar-refractivity contribution in [1.29, 1.82) is 0 Å². The highest BCUT2D eigenvalue weighted by atomic mass is 79.9. The highest BCUT2D eigenvalue weighted by Gasteiger charge is 2.49. The minimum atomic E-state index is -1.86. The van der Waals surface area contributed by atoms with Crippen molar-refractivity contribution >= 4 is 44.1 Å². The van der Waals surface area contributed by atoms with Gasteiger partial charge in [-0.25, -0.2) is 0 Å². The van der Waals surface area contributed by atoms with Crippen molar-refractivity contribution in [3.63, 3.8) is 0 Å². The van der Waals surface area contributed by atoms with Crippen LogP contribution in [0.3, 0.4) is 0 Å². The summed E-state index contributed by atoms with van der Waals surface area (Å²) in [4.78, 5) is 27.2. The third kappa shape index (κ3) is 2.47. The zero-order valence-electron chi connectivity index (χ0n) is 14.1. The van der Waals surface area contributed by atoms with Gasteiger partial charge < -0.3 is 10.0 Å². The van der Waals surface area contributed by atoms with Crippen molar-refractivity contribution < 1.29 is 14.7 Å². The molecule has 0 radical (unpaired) electrons. The summed E-state index contributed by atoms with van der Waals surface area (Å²) in [5, 5.41) is 12.9. The molecule has 3 aromatic carbocycles. The number of hydrogen-bond donors (Lipinski definition) is 1. The van der Waals surface area contributed by atoms with E-state index in [1.54, 1.807) is 31.3 Å². The molecule has 1 aliphatic rings. The van der Waals surface area contributed by atoms with Crippen molar-refractivity contribution in [3.8, 4) is 0 Å². The standard InChI is InChI=1S/C21H16BrNO3/c1-23-18-10-9-14(22)11-17(18)21(26,20(23)25)12-19(24)16-8-4-6-13-5-2-3-7-15(13)16/h2-11,26H,12H2,1H3. The van der Waals surface area contributed by atoms with Gasteiger partial charge in [-0.3, -0.25) is 9.59 Å². The van der Waals surface area contributed by atoms with Crippen molar-refractivity contribution in [2.45, 2.75) is 12.0 Å². The van der Waals surface area contributed by atoms with Gasteiger partial charge in [-0.1, -0.05) is 58.4 Å². The number of fused-ring (bicyclic) bond motifs is 2. The molecule has 1 heterocycles. The first-order valence-corrected chi connectivity index (χ1v) is 9.02. The number of rotatable bonds is 3. The lowest BCUT2D eigenvalue weighted by Gasteiger charge is -2.21. The second-order valence-corrected chi connectivity index (χ2v) is 7.43. The second kappa shape index (κ2) is 6.04. The molecule has 4 nitrogen and oxygen atoms in total. The molecular formula is C21H16BrNO3. The molecule has 130 valence electrons. The number of nitrogens with zero attached hydrogens (tertiary/aromatic N) is 1. The summed E-state index contributed by atoms with van der Waals surface area (Å²) >= 11 is 3.37. The molecule has 0 saturated heterocycles. The molecule has 0 aliphatic carbocycles. The molecule has 1 aliphatic heterocycles. The van der Waals surface area contributed by atoms with E-state index >= 15 is 0 Å². The van der Waals surface area contributed by atoms with Crippen LogP contribution in [0, 0.1) is 0 Å². The molecule has 4 rings (SSSR count). The lowest BCUT2D eigenvalue weighted by atomic mass is 9.87. The Bertz CT molecular complexity index is 1060. The first-order valence-electron chi connectivity index (χ1n) is 8.23. The summed E-state index contributed by atoms with van der Waals surface area (Å²) < 4.78 is 0.746. The largest absolute Gasteiger partial charge is 0.375 e. The number of likely N-dealkylation sites (N-methyl/N-ethyl adjacent to an activating group) is 1. The molecule has 1 unspecified atom stereocenters. The van der Waals surface area contributed by atoms with E-state index in [0.717, 1.165) is 15.2 Å². The zero-order valence-corrected chi connectivity index (χ0v) is 15.7. The fourth-order valence-electron chi connectivity index (χ4n) is 3.60. The van der Waals surface area contributed by atoms with Crippen molar-refractivity contribution in [1.82, 2.24) is 0 Å². The fraction of sp³-hybridized carbons (Fsp3) is 0.143. The number of carbonyl (C=O) groups excluding carboxylic acids is 2. The first-order chi connectivity index (χ1) is 12.4. The lowest BCUT2D eigenvalue weighted by molar-refractivity contribution is -0.135. The Labute approximate surface area is 159 Å². The number of Topliss-reactive ketones (excluding diaryl/α,β-unsaturated/α-hetero) is 1. The summed E-state index contributed by atoms with van der Waals surface area (Å²) in [6, 6.07) is 18.3. The number of ketones is 1. The number of benzene rings is 3. The molecule has 1 N–H and O–H groups in total. The third-order valence-electron chi connectivity index (χ3n) is 4.93. The smallest absolute Gasteiger partial charge is 0.263 e. The Hall–Kier alpha value is -2.50. The molecule has 1 amide bonds. The van der Waals surface area contributed by atoms with Crippen LogP contribution in [0.15, 0.2) is 65.1 Å². The summed E-state index contributed by atoms with van der Waals surface area (Å²) in [7, 11) is 1.61. The average Bonchev–Trinajstić information content (AvgIpc) is 2.82. The molecule has 0 saturated carbocycles. The summed E-state index contributed by atoms with van der Waals surface area (Å²) in [5.74, 6) is -0.752. The first kappa shape index (κ1) is 16.9. The van der Waals surface area contributed by atoms with E-state index in [4.69, 9.17) is 0 Å². The Morgan fingerprint density at radius 2 is 1.85 bits per heavy atom. The summed E-state index contributed by atoms with van der Waals surface area (Å²) in [6.07, 6.45) is -0.298. The average molecular weight is 410 g/mol. The number of amides is 1. The second-order valence-electron chi connectivity index (χ2n) is 6.51. The molecule has 0 aromatic heterocycles. The molecule has 1 atom stereocenters. The monoisotopic (exact) mass is 409 g/mol. The van der Waals surface area contributed by atoms with Crippen molar-refractivity contribution in [2.24, 2.45) is 0 Å². The van der Waals surface area contributed by atoms with Crippen LogP contribution < -0.4 is 4.90 Å². The van der Waals surface area contributed by atoms with E-state index in [1.165, 1.54) is 4.90 Å². The molecule has 3 aromatic rings. The van der Waals surface area contributed by atoms with E-state index < -0.39 is 11.5 Å². The van der Waals surface area contributed by atoms with Gasteiger partial charge in [0.25, 0.3) is 5.91 Å². The van der Waals surface area contributed by atoms with E-state index in [1.807, 2.05) is 36.4 Å². The Morgan fingerprint density at radius 1 is 1.12 bits per heavy atom. The molecule has 0 spiro atoms. The van der Waals surface area contributed by atoms with Crippen LogP contribution in [0.25, 0.3) is 10.8 Å². The number of hydrogen-bond acceptors (Lipinski definition) is 3. The van der Waals surface area contributed by atoms with Crippen molar-refractivity contribution in [2.75, 3.05) is 11.9 Å². The fourth-order valence-corrected chi connectivity index (χ4v) is 3.96. The SMILES string of the molecule is CN1C(=O)C(O)(CC(=O)c2cccc3ccccc23)c2cc(Br)ccc21. The van der Waals surface area contributed by atoms with Crippen LogP contribution in [-0.4, -0.2) is 23.8 Å². The van der Waals surface area contributed by atoms with Crippen LogP contribution >= 0.6 is 15.9 Å².